The van der Waals surface area contributed by atoms with E-state index in [2.05, 4.69) is 76.9 Å². The van der Waals surface area contributed by atoms with Gasteiger partial charge in [0.1, 0.15) is 5.75 Å². The van der Waals surface area contributed by atoms with Crippen LogP contribution in [0.4, 0.5) is 0 Å². The van der Waals surface area contributed by atoms with Crippen LogP contribution in [0.3, 0.4) is 0 Å². The number of benzene rings is 1. The van der Waals surface area contributed by atoms with E-state index in [9.17, 15) is 0 Å². The van der Waals surface area contributed by atoms with E-state index in [0.29, 0.717) is 0 Å². The maximum Gasteiger partial charge on any atom is 0.170 e. The van der Waals surface area contributed by atoms with Gasteiger partial charge in [0.25, 0.3) is 0 Å². The molecular weight excluding hydrogens is 430 g/mol. The molecule has 2 aromatic heterocycles. The lowest BCUT2D eigenvalue weighted by atomic mass is 9.96. The van der Waals surface area contributed by atoms with Gasteiger partial charge in [0.05, 0.1) is 24.9 Å². The number of hydrogen-bond donors (Lipinski definition) is 1. The molecule has 33 heavy (non-hydrogen) atoms. The third-order valence-electron chi connectivity index (χ3n) is 6.30. The van der Waals surface area contributed by atoms with Crippen molar-refractivity contribution in [3.63, 3.8) is 0 Å². The molecule has 0 radical (unpaired) electrons. The monoisotopic (exact) mass is 463 g/mol. The van der Waals surface area contributed by atoms with E-state index in [4.69, 9.17) is 17.0 Å². The summed E-state index contributed by atoms with van der Waals surface area (Å²) in [5.74, 6) is 0.849. The van der Waals surface area contributed by atoms with Crippen LogP contribution in [0.15, 0.2) is 54.7 Å². The molecule has 3 aromatic rings. The number of methoxy groups -OCH3 is 1. The van der Waals surface area contributed by atoms with Crippen LogP contribution in [-0.4, -0.2) is 58.8 Å². The summed E-state index contributed by atoms with van der Waals surface area (Å²) in [5, 5.41) is 4.37. The van der Waals surface area contributed by atoms with E-state index in [1.54, 1.807) is 7.11 Å². The number of nitrogens with one attached hydrogen (secondary N) is 1. The highest BCUT2D eigenvalue weighted by Gasteiger charge is 2.41. The summed E-state index contributed by atoms with van der Waals surface area (Å²) >= 11 is 5.83. The number of pyridine rings is 1. The van der Waals surface area contributed by atoms with E-state index in [1.807, 2.05) is 30.5 Å². The number of rotatable bonds is 8. The normalized spacial score (nSPS) is 18.1. The van der Waals surface area contributed by atoms with Crippen molar-refractivity contribution in [2.75, 3.05) is 34.3 Å². The molecule has 7 heteroatoms. The molecule has 174 valence electrons. The second kappa shape index (κ2) is 9.93. The van der Waals surface area contributed by atoms with E-state index >= 15 is 0 Å². The van der Waals surface area contributed by atoms with Crippen molar-refractivity contribution >= 4 is 17.3 Å². The maximum atomic E-state index is 5.83. The van der Waals surface area contributed by atoms with Gasteiger partial charge in [-0.1, -0.05) is 12.1 Å². The van der Waals surface area contributed by atoms with E-state index in [0.717, 1.165) is 41.8 Å². The third kappa shape index (κ3) is 4.75. The molecule has 0 saturated carbocycles. The molecule has 2 unspecified atom stereocenters. The predicted molar refractivity (Wildman–Crippen MR) is 137 cm³/mol. The molecule has 0 aliphatic carbocycles. The average molecular weight is 464 g/mol. The van der Waals surface area contributed by atoms with Gasteiger partial charge in [-0.3, -0.25) is 4.98 Å². The summed E-state index contributed by atoms with van der Waals surface area (Å²) in [5.41, 5.74) is 5.75. The molecule has 1 fully saturated rings. The number of nitrogens with zero attached hydrogens (tertiary/aromatic N) is 4. The Morgan fingerprint density at radius 1 is 1.12 bits per heavy atom. The van der Waals surface area contributed by atoms with Gasteiger partial charge in [-0.05, 0) is 89.0 Å². The Morgan fingerprint density at radius 2 is 1.94 bits per heavy atom. The highest BCUT2D eigenvalue weighted by atomic mass is 32.1. The van der Waals surface area contributed by atoms with Gasteiger partial charge >= 0.3 is 0 Å². The summed E-state index contributed by atoms with van der Waals surface area (Å²) < 4.78 is 7.77. The van der Waals surface area contributed by atoms with E-state index in [1.165, 1.54) is 17.0 Å². The molecular formula is C26H33N5OS. The molecule has 0 spiro atoms. The lowest BCUT2D eigenvalue weighted by Gasteiger charge is -2.28. The van der Waals surface area contributed by atoms with Gasteiger partial charge in [-0.15, -0.1) is 0 Å². The Hall–Kier alpha value is -2.90. The first-order valence-electron chi connectivity index (χ1n) is 11.4. The molecule has 4 rings (SSSR count). The minimum atomic E-state index is -0.00249. The standard InChI is InChI=1S/C26H33N5OS/c1-18-16-22(19(2)31(18)20-10-8-11-21(17-20)32-5)25-24(23-12-6-7-13-27-23)28-26(33)30(25)15-9-14-29(3)4/h6-8,10-13,16-17,24-25H,9,14-15H2,1-5H3,(H,28,33). The minimum Gasteiger partial charge on any atom is -0.497 e. The van der Waals surface area contributed by atoms with Crippen molar-refractivity contribution in [1.29, 1.82) is 0 Å². The van der Waals surface area contributed by atoms with Crippen molar-refractivity contribution in [2.24, 2.45) is 0 Å². The topological polar surface area (TPSA) is 45.6 Å². The Balaban J connectivity index is 1.77. The Bertz CT molecular complexity index is 1110. The molecule has 0 amide bonds. The molecule has 1 aliphatic rings. The van der Waals surface area contributed by atoms with Crippen LogP contribution in [0.1, 0.15) is 41.1 Å². The molecule has 6 nitrogen and oxygen atoms in total. The maximum absolute atomic E-state index is 5.83. The molecule has 1 aromatic carbocycles. The smallest absolute Gasteiger partial charge is 0.170 e. The first-order valence-corrected chi connectivity index (χ1v) is 11.8. The fourth-order valence-corrected chi connectivity index (χ4v) is 5.11. The van der Waals surface area contributed by atoms with Crippen LogP contribution in [0.5, 0.6) is 5.75 Å². The Morgan fingerprint density at radius 3 is 2.64 bits per heavy atom. The molecule has 1 N–H and O–H groups in total. The Labute approximate surface area is 202 Å². The van der Waals surface area contributed by atoms with Crippen molar-refractivity contribution in [2.45, 2.75) is 32.4 Å². The molecule has 0 bridgehead atoms. The second-order valence-corrected chi connectivity index (χ2v) is 9.23. The molecule has 3 heterocycles. The van der Waals surface area contributed by atoms with Crippen LogP contribution in [-0.2, 0) is 0 Å². The first-order chi connectivity index (χ1) is 15.9. The van der Waals surface area contributed by atoms with Crippen molar-refractivity contribution in [3.05, 3.63) is 77.4 Å². The fraction of sp³-hybridized carbons (Fsp3) is 0.385. The van der Waals surface area contributed by atoms with E-state index in [-0.39, 0.29) is 12.1 Å². The van der Waals surface area contributed by atoms with Crippen LogP contribution in [0, 0.1) is 13.8 Å². The van der Waals surface area contributed by atoms with Gasteiger partial charge in [-0.25, -0.2) is 0 Å². The van der Waals surface area contributed by atoms with Crippen LogP contribution in [0.25, 0.3) is 5.69 Å². The van der Waals surface area contributed by atoms with Crippen LogP contribution < -0.4 is 10.1 Å². The zero-order chi connectivity index (χ0) is 23.5. The lowest BCUT2D eigenvalue weighted by Crippen LogP contribution is -2.32. The predicted octanol–water partition coefficient (Wildman–Crippen LogP) is 4.42. The summed E-state index contributed by atoms with van der Waals surface area (Å²) in [6.45, 7) is 6.25. The summed E-state index contributed by atoms with van der Waals surface area (Å²) in [6.07, 6.45) is 2.89. The first kappa shape index (κ1) is 23.3. The van der Waals surface area contributed by atoms with Crippen LogP contribution >= 0.6 is 12.2 Å². The van der Waals surface area contributed by atoms with Crippen molar-refractivity contribution < 1.29 is 4.74 Å². The van der Waals surface area contributed by atoms with Gasteiger partial charge in [0.2, 0.25) is 0 Å². The third-order valence-corrected chi connectivity index (χ3v) is 6.65. The second-order valence-electron chi connectivity index (χ2n) is 8.84. The minimum absolute atomic E-state index is 0.00249. The molecule has 2 atom stereocenters. The SMILES string of the molecule is COc1cccc(-n2c(C)cc(C3C(c4ccccn4)NC(=S)N3CCCN(C)C)c2C)c1. The summed E-state index contributed by atoms with van der Waals surface area (Å²) in [6, 6.07) is 16.6. The Kier molecular flexibility index (Phi) is 7.00. The number of aromatic nitrogens is 2. The van der Waals surface area contributed by atoms with Crippen molar-refractivity contribution in [3.8, 4) is 11.4 Å². The summed E-state index contributed by atoms with van der Waals surface area (Å²) in [4.78, 5) is 9.23. The molecule has 1 saturated heterocycles. The van der Waals surface area contributed by atoms with Gasteiger partial charge in [0, 0.05) is 35.9 Å². The zero-order valence-corrected chi connectivity index (χ0v) is 20.9. The van der Waals surface area contributed by atoms with Crippen molar-refractivity contribution in [1.82, 2.24) is 24.7 Å². The highest BCUT2D eigenvalue weighted by molar-refractivity contribution is 7.80. The van der Waals surface area contributed by atoms with Crippen LogP contribution in [0.2, 0.25) is 0 Å². The highest BCUT2D eigenvalue weighted by Crippen LogP contribution is 2.41. The zero-order valence-electron chi connectivity index (χ0n) is 20.1. The van der Waals surface area contributed by atoms with Gasteiger partial charge < -0.3 is 24.4 Å². The number of ether oxygens (including phenoxy) is 1. The van der Waals surface area contributed by atoms with E-state index < -0.39 is 0 Å². The number of thiocarbonyl (C=S) groups is 1. The average Bonchev–Trinajstić information content (AvgIpc) is 3.29. The lowest BCUT2D eigenvalue weighted by molar-refractivity contribution is 0.292. The van der Waals surface area contributed by atoms with Gasteiger partial charge in [-0.2, -0.15) is 0 Å². The quantitative estimate of drug-likeness (QED) is 0.499. The van der Waals surface area contributed by atoms with Gasteiger partial charge in [0.15, 0.2) is 5.11 Å². The number of hydrogen-bond acceptors (Lipinski definition) is 4. The largest absolute Gasteiger partial charge is 0.497 e. The fourth-order valence-electron chi connectivity index (χ4n) is 4.78. The number of aryl methyl sites for hydroxylation is 1. The molecule has 1 aliphatic heterocycles. The summed E-state index contributed by atoms with van der Waals surface area (Å²) in [7, 11) is 5.92.